The summed E-state index contributed by atoms with van der Waals surface area (Å²) in [4.78, 5) is 11.6. The molecule has 1 amide bonds. The molecule has 0 fully saturated rings. The highest BCUT2D eigenvalue weighted by molar-refractivity contribution is 7.99. The van der Waals surface area contributed by atoms with Crippen molar-refractivity contribution in [1.82, 2.24) is 25.5 Å². The summed E-state index contributed by atoms with van der Waals surface area (Å²) in [5.41, 5.74) is 0. The van der Waals surface area contributed by atoms with Crippen LogP contribution in [-0.4, -0.2) is 63.3 Å². The van der Waals surface area contributed by atoms with Crippen molar-refractivity contribution < 1.29 is 14.6 Å². The summed E-state index contributed by atoms with van der Waals surface area (Å²) in [6.45, 7) is 2.60. The second kappa shape index (κ2) is 8.01. The van der Waals surface area contributed by atoms with Gasteiger partial charge in [0.25, 0.3) is 0 Å². The predicted molar refractivity (Wildman–Crippen MR) is 65.1 cm³/mol. The van der Waals surface area contributed by atoms with E-state index >= 15 is 0 Å². The summed E-state index contributed by atoms with van der Waals surface area (Å²) in [6.07, 6.45) is 0. The molecule has 8 nitrogen and oxygen atoms in total. The van der Waals surface area contributed by atoms with E-state index in [0.29, 0.717) is 18.3 Å². The Kier molecular flexibility index (Phi) is 6.61. The Labute approximate surface area is 109 Å². The van der Waals surface area contributed by atoms with Crippen LogP contribution in [0.4, 0.5) is 0 Å². The first-order valence-electron chi connectivity index (χ1n) is 5.45. The van der Waals surface area contributed by atoms with Crippen LogP contribution in [0.2, 0.25) is 0 Å². The van der Waals surface area contributed by atoms with Gasteiger partial charge in [-0.15, -0.1) is 5.10 Å². The highest BCUT2D eigenvalue weighted by atomic mass is 32.2. The monoisotopic (exact) mass is 275 g/mol. The van der Waals surface area contributed by atoms with Crippen LogP contribution in [0.3, 0.4) is 0 Å². The minimum absolute atomic E-state index is 0.0310. The molecular formula is C9H17N5O3S. The number of thioether (sulfide) groups is 1. The van der Waals surface area contributed by atoms with Gasteiger partial charge in [-0.2, -0.15) is 0 Å². The molecule has 102 valence electrons. The number of tetrazole rings is 1. The van der Waals surface area contributed by atoms with Crippen LogP contribution in [0.5, 0.6) is 0 Å². The van der Waals surface area contributed by atoms with E-state index in [4.69, 9.17) is 9.84 Å². The van der Waals surface area contributed by atoms with Crippen molar-refractivity contribution in [1.29, 1.82) is 0 Å². The maximum absolute atomic E-state index is 11.6. The molecule has 0 aromatic carbocycles. The van der Waals surface area contributed by atoms with E-state index in [-0.39, 0.29) is 24.3 Å². The second-order valence-electron chi connectivity index (χ2n) is 3.62. The first kappa shape index (κ1) is 14.9. The van der Waals surface area contributed by atoms with Gasteiger partial charge in [0.2, 0.25) is 11.1 Å². The van der Waals surface area contributed by atoms with Crippen LogP contribution in [0.15, 0.2) is 5.16 Å². The third kappa shape index (κ3) is 4.98. The molecule has 2 N–H and O–H groups in total. The summed E-state index contributed by atoms with van der Waals surface area (Å²) in [5, 5.41) is 23.1. The topological polar surface area (TPSA) is 102 Å². The van der Waals surface area contributed by atoms with Crippen LogP contribution >= 0.6 is 11.8 Å². The minimum atomic E-state index is -0.108. The molecule has 9 heteroatoms. The largest absolute Gasteiger partial charge is 0.394 e. The van der Waals surface area contributed by atoms with Crippen LogP contribution in [0.1, 0.15) is 6.92 Å². The molecule has 1 aromatic heterocycles. The molecule has 1 atom stereocenters. The zero-order valence-electron chi connectivity index (χ0n) is 10.4. The van der Waals surface area contributed by atoms with Gasteiger partial charge in [-0.05, 0) is 17.4 Å². The molecule has 1 rings (SSSR count). The zero-order chi connectivity index (χ0) is 13.4. The predicted octanol–water partition coefficient (Wildman–Crippen LogP) is -1.09. The number of aromatic nitrogens is 4. The first-order valence-corrected chi connectivity index (χ1v) is 6.44. The molecule has 0 spiro atoms. The van der Waals surface area contributed by atoms with Gasteiger partial charge in [0.15, 0.2) is 0 Å². The Morgan fingerprint density at radius 1 is 1.67 bits per heavy atom. The molecule has 0 radical (unpaired) electrons. The van der Waals surface area contributed by atoms with Gasteiger partial charge < -0.3 is 15.2 Å². The lowest BCUT2D eigenvalue weighted by Crippen LogP contribution is -2.36. The molecule has 18 heavy (non-hydrogen) atoms. The number of ether oxygens (including phenoxy) is 1. The summed E-state index contributed by atoms with van der Waals surface area (Å²) in [7, 11) is 1.58. The summed E-state index contributed by atoms with van der Waals surface area (Å²) in [5.74, 6) is 0.114. The highest BCUT2D eigenvalue weighted by Crippen LogP contribution is 2.12. The third-order valence-electron chi connectivity index (χ3n) is 1.97. The number of amides is 1. The van der Waals surface area contributed by atoms with Crippen LogP contribution in [0.25, 0.3) is 0 Å². The number of hydrogen-bond donors (Lipinski definition) is 2. The Morgan fingerprint density at radius 2 is 2.44 bits per heavy atom. The van der Waals surface area contributed by atoms with E-state index in [9.17, 15) is 4.79 Å². The third-order valence-corrected chi connectivity index (χ3v) is 2.92. The van der Waals surface area contributed by atoms with Gasteiger partial charge in [-0.3, -0.25) is 4.79 Å². The first-order chi connectivity index (χ1) is 8.67. The highest BCUT2D eigenvalue weighted by Gasteiger charge is 2.11. The van der Waals surface area contributed by atoms with Crippen molar-refractivity contribution in [2.45, 2.75) is 24.7 Å². The van der Waals surface area contributed by atoms with E-state index in [1.165, 1.54) is 16.4 Å². The summed E-state index contributed by atoms with van der Waals surface area (Å²) in [6, 6.07) is -0.0310. The number of nitrogens with one attached hydrogen (secondary N) is 1. The van der Waals surface area contributed by atoms with Crippen molar-refractivity contribution >= 4 is 17.7 Å². The van der Waals surface area contributed by atoms with Crippen molar-refractivity contribution in [3.63, 3.8) is 0 Å². The standard InChI is InChI=1S/C9H17N5O3S/c1-7(5-17-2)10-8(16)6-18-9-11-12-13-14(9)3-4-15/h7,15H,3-6H2,1-2H3,(H,10,16). The van der Waals surface area contributed by atoms with Crippen molar-refractivity contribution in [3.05, 3.63) is 0 Å². The van der Waals surface area contributed by atoms with Crippen LogP contribution in [-0.2, 0) is 16.1 Å². The number of carbonyl (C=O) groups excluding carboxylic acids is 1. The molecule has 0 aliphatic heterocycles. The number of rotatable bonds is 8. The molecule has 1 heterocycles. The number of methoxy groups -OCH3 is 1. The maximum Gasteiger partial charge on any atom is 0.230 e. The Morgan fingerprint density at radius 3 is 3.11 bits per heavy atom. The second-order valence-corrected chi connectivity index (χ2v) is 4.56. The number of aliphatic hydroxyl groups excluding tert-OH is 1. The molecule has 0 aliphatic rings. The lowest BCUT2D eigenvalue weighted by molar-refractivity contribution is -0.119. The summed E-state index contributed by atoms with van der Waals surface area (Å²) >= 11 is 1.22. The smallest absolute Gasteiger partial charge is 0.230 e. The number of carbonyl (C=O) groups is 1. The average molecular weight is 275 g/mol. The van der Waals surface area contributed by atoms with E-state index in [2.05, 4.69) is 20.8 Å². The van der Waals surface area contributed by atoms with Crippen LogP contribution < -0.4 is 5.32 Å². The number of nitrogens with zero attached hydrogens (tertiary/aromatic N) is 4. The Balaban J connectivity index is 2.35. The van der Waals surface area contributed by atoms with Crippen LogP contribution in [0, 0.1) is 0 Å². The molecule has 0 saturated carbocycles. The minimum Gasteiger partial charge on any atom is -0.394 e. The summed E-state index contributed by atoms with van der Waals surface area (Å²) < 4.78 is 6.38. The van der Waals surface area contributed by atoms with Crippen molar-refractivity contribution in [2.75, 3.05) is 26.1 Å². The fraction of sp³-hybridized carbons (Fsp3) is 0.778. The fourth-order valence-corrected chi connectivity index (χ4v) is 1.99. The van der Waals surface area contributed by atoms with Gasteiger partial charge in [0.1, 0.15) is 0 Å². The normalized spacial score (nSPS) is 12.4. The maximum atomic E-state index is 11.6. The molecule has 1 unspecified atom stereocenters. The fourth-order valence-electron chi connectivity index (χ4n) is 1.27. The molecule has 0 bridgehead atoms. The molecule has 0 saturated heterocycles. The zero-order valence-corrected chi connectivity index (χ0v) is 11.2. The Bertz CT molecular complexity index is 373. The van der Waals surface area contributed by atoms with Gasteiger partial charge >= 0.3 is 0 Å². The SMILES string of the molecule is COCC(C)NC(=O)CSc1nnnn1CCO. The van der Waals surface area contributed by atoms with Crippen molar-refractivity contribution in [2.24, 2.45) is 0 Å². The van der Waals surface area contributed by atoms with E-state index in [1.54, 1.807) is 7.11 Å². The molecule has 1 aromatic rings. The van der Waals surface area contributed by atoms with Gasteiger partial charge in [-0.1, -0.05) is 11.8 Å². The van der Waals surface area contributed by atoms with E-state index < -0.39 is 0 Å². The van der Waals surface area contributed by atoms with E-state index in [0.717, 1.165) is 0 Å². The lowest BCUT2D eigenvalue weighted by atomic mass is 10.3. The Hall–Kier alpha value is -1.19. The number of aliphatic hydroxyl groups is 1. The quantitative estimate of drug-likeness (QED) is 0.581. The number of hydrogen-bond acceptors (Lipinski definition) is 7. The van der Waals surface area contributed by atoms with E-state index in [1.807, 2.05) is 6.92 Å². The molecule has 0 aliphatic carbocycles. The van der Waals surface area contributed by atoms with Gasteiger partial charge in [-0.25, -0.2) is 4.68 Å². The lowest BCUT2D eigenvalue weighted by Gasteiger charge is -2.12. The molecular weight excluding hydrogens is 258 g/mol. The van der Waals surface area contributed by atoms with Gasteiger partial charge in [0.05, 0.1) is 25.5 Å². The van der Waals surface area contributed by atoms with Gasteiger partial charge in [0, 0.05) is 13.2 Å². The average Bonchev–Trinajstić information content (AvgIpc) is 2.75. The van der Waals surface area contributed by atoms with Crippen molar-refractivity contribution in [3.8, 4) is 0 Å².